The first-order valence-electron chi connectivity index (χ1n) is 5.68. The standard InChI is InChI=1S/C16H10Cl2/c17-14-8-7-13(16(18)10-14)9-12-6-5-11-3-1-2-4-15(11)12/h1-10H/b12-9+. The number of hydrogen-bond donors (Lipinski definition) is 0. The Kier molecular flexibility index (Phi) is 2.99. The molecule has 0 nitrogen and oxygen atoms in total. The summed E-state index contributed by atoms with van der Waals surface area (Å²) in [6.45, 7) is 0. The molecule has 2 heteroatoms. The second-order valence-corrected chi connectivity index (χ2v) is 5.03. The number of benzene rings is 2. The highest BCUT2D eigenvalue weighted by Crippen LogP contribution is 2.32. The van der Waals surface area contributed by atoms with Crippen LogP contribution in [0.1, 0.15) is 16.7 Å². The van der Waals surface area contributed by atoms with Gasteiger partial charge in [-0.3, -0.25) is 0 Å². The molecule has 0 unspecified atom stereocenters. The molecule has 0 atom stereocenters. The summed E-state index contributed by atoms with van der Waals surface area (Å²) in [4.78, 5) is 0. The van der Waals surface area contributed by atoms with Gasteiger partial charge in [-0.1, -0.05) is 65.7 Å². The van der Waals surface area contributed by atoms with Crippen molar-refractivity contribution in [1.82, 2.24) is 0 Å². The third-order valence-corrected chi connectivity index (χ3v) is 3.55. The lowest BCUT2D eigenvalue weighted by atomic mass is 10.0. The van der Waals surface area contributed by atoms with Gasteiger partial charge in [0.15, 0.2) is 0 Å². The Bertz CT molecular complexity index is 667. The lowest BCUT2D eigenvalue weighted by Gasteiger charge is -2.03. The van der Waals surface area contributed by atoms with Gasteiger partial charge in [0, 0.05) is 10.0 Å². The second kappa shape index (κ2) is 4.64. The third-order valence-electron chi connectivity index (χ3n) is 2.99. The summed E-state index contributed by atoms with van der Waals surface area (Å²) < 4.78 is 0. The highest BCUT2D eigenvalue weighted by atomic mass is 35.5. The summed E-state index contributed by atoms with van der Waals surface area (Å²) in [5, 5.41) is 1.33. The zero-order valence-electron chi connectivity index (χ0n) is 9.53. The zero-order valence-corrected chi connectivity index (χ0v) is 11.0. The molecule has 0 saturated carbocycles. The Balaban J connectivity index is 2.07. The monoisotopic (exact) mass is 272 g/mol. The molecule has 0 spiro atoms. The fourth-order valence-corrected chi connectivity index (χ4v) is 2.55. The molecule has 0 N–H and O–H groups in total. The number of hydrogen-bond acceptors (Lipinski definition) is 0. The molecule has 0 heterocycles. The van der Waals surface area contributed by atoms with Crippen LogP contribution in [0.2, 0.25) is 10.0 Å². The van der Waals surface area contributed by atoms with E-state index in [1.165, 1.54) is 16.7 Å². The normalized spacial score (nSPS) is 15.1. The maximum absolute atomic E-state index is 6.18. The lowest BCUT2D eigenvalue weighted by Crippen LogP contribution is -1.81. The average molecular weight is 273 g/mol. The molecule has 0 aliphatic heterocycles. The Hall–Kier alpha value is -1.50. The van der Waals surface area contributed by atoms with Gasteiger partial charge in [-0.25, -0.2) is 0 Å². The smallest absolute Gasteiger partial charge is 0.0493 e. The predicted molar refractivity (Wildman–Crippen MR) is 79.8 cm³/mol. The fraction of sp³-hybridized carbons (Fsp3) is 0. The van der Waals surface area contributed by atoms with Crippen molar-refractivity contribution in [3.63, 3.8) is 0 Å². The fourth-order valence-electron chi connectivity index (χ4n) is 2.09. The van der Waals surface area contributed by atoms with E-state index in [1.807, 2.05) is 24.3 Å². The largest absolute Gasteiger partial charge is 0.0843 e. The van der Waals surface area contributed by atoms with Crippen molar-refractivity contribution in [2.45, 2.75) is 0 Å². The van der Waals surface area contributed by atoms with Gasteiger partial charge in [0.2, 0.25) is 0 Å². The van der Waals surface area contributed by atoms with Crippen molar-refractivity contribution < 1.29 is 0 Å². The molecule has 0 fully saturated rings. The Morgan fingerprint density at radius 2 is 1.72 bits per heavy atom. The summed E-state index contributed by atoms with van der Waals surface area (Å²) in [6, 6.07) is 13.9. The van der Waals surface area contributed by atoms with Crippen LogP contribution in [-0.2, 0) is 0 Å². The summed E-state index contributed by atoms with van der Waals surface area (Å²) in [6.07, 6.45) is 6.31. The van der Waals surface area contributed by atoms with Crippen LogP contribution in [0, 0.1) is 0 Å². The van der Waals surface area contributed by atoms with E-state index < -0.39 is 0 Å². The first-order chi connectivity index (χ1) is 8.74. The summed E-state index contributed by atoms with van der Waals surface area (Å²) >= 11 is 12.1. The van der Waals surface area contributed by atoms with Crippen molar-refractivity contribution in [2.75, 3.05) is 0 Å². The van der Waals surface area contributed by atoms with Gasteiger partial charge in [0.25, 0.3) is 0 Å². The molecule has 0 radical (unpaired) electrons. The molecule has 0 aromatic heterocycles. The van der Waals surface area contributed by atoms with E-state index in [0.29, 0.717) is 10.0 Å². The van der Waals surface area contributed by atoms with Crippen LogP contribution in [0.4, 0.5) is 0 Å². The van der Waals surface area contributed by atoms with Crippen LogP contribution in [0.3, 0.4) is 0 Å². The Morgan fingerprint density at radius 3 is 2.56 bits per heavy atom. The van der Waals surface area contributed by atoms with Crippen LogP contribution >= 0.6 is 23.2 Å². The van der Waals surface area contributed by atoms with Crippen molar-refractivity contribution >= 4 is 40.9 Å². The number of halogens is 2. The number of allylic oxidation sites excluding steroid dienone is 2. The quantitative estimate of drug-likeness (QED) is 0.638. The van der Waals surface area contributed by atoms with E-state index >= 15 is 0 Å². The van der Waals surface area contributed by atoms with Gasteiger partial charge in [-0.05, 0) is 40.5 Å². The predicted octanol–water partition coefficient (Wildman–Crippen LogP) is 5.56. The van der Waals surface area contributed by atoms with Crippen LogP contribution < -0.4 is 0 Å². The molecule has 88 valence electrons. The highest BCUT2D eigenvalue weighted by molar-refractivity contribution is 6.35. The molecule has 0 saturated heterocycles. The summed E-state index contributed by atoms with van der Waals surface area (Å²) in [5.41, 5.74) is 4.64. The molecular formula is C16H10Cl2. The minimum absolute atomic E-state index is 0.657. The van der Waals surface area contributed by atoms with E-state index in [1.54, 1.807) is 6.07 Å². The van der Waals surface area contributed by atoms with Gasteiger partial charge in [0.1, 0.15) is 0 Å². The van der Waals surface area contributed by atoms with E-state index in [2.05, 4.69) is 30.4 Å². The average Bonchev–Trinajstić information content (AvgIpc) is 2.76. The molecule has 18 heavy (non-hydrogen) atoms. The van der Waals surface area contributed by atoms with Crippen molar-refractivity contribution in [2.24, 2.45) is 0 Å². The number of fused-ring (bicyclic) bond motifs is 1. The van der Waals surface area contributed by atoms with Gasteiger partial charge in [0.05, 0.1) is 0 Å². The zero-order chi connectivity index (χ0) is 12.5. The van der Waals surface area contributed by atoms with Gasteiger partial charge in [-0.15, -0.1) is 0 Å². The van der Waals surface area contributed by atoms with Gasteiger partial charge in [-0.2, -0.15) is 0 Å². The molecule has 2 aromatic carbocycles. The number of rotatable bonds is 1. The maximum atomic E-state index is 6.18. The van der Waals surface area contributed by atoms with Gasteiger partial charge >= 0.3 is 0 Å². The summed E-state index contributed by atoms with van der Waals surface area (Å²) in [7, 11) is 0. The molecule has 1 aliphatic carbocycles. The summed E-state index contributed by atoms with van der Waals surface area (Å²) in [5.74, 6) is 0. The Morgan fingerprint density at radius 1 is 0.889 bits per heavy atom. The van der Waals surface area contributed by atoms with E-state index in [-0.39, 0.29) is 0 Å². The maximum Gasteiger partial charge on any atom is 0.0493 e. The molecule has 1 aliphatic rings. The van der Waals surface area contributed by atoms with Gasteiger partial charge < -0.3 is 0 Å². The SMILES string of the molecule is Clc1ccc(/C=C2\C=Cc3ccccc32)c(Cl)c1. The van der Waals surface area contributed by atoms with Crippen molar-refractivity contribution in [3.05, 3.63) is 75.3 Å². The second-order valence-electron chi connectivity index (χ2n) is 4.19. The van der Waals surface area contributed by atoms with Crippen LogP contribution in [0.15, 0.2) is 48.5 Å². The lowest BCUT2D eigenvalue weighted by molar-refractivity contribution is 1.61. The highest BCUT2D eigenvalue weighted by Gasteiger charge is 2.09. The van der Waals surface area contributed by atoms with Crippen LogP contribution in [0.5, 0.6) is 0 Å². The van der Waals surface area contributed by atoms with Crippen LogP contribution in [0.25, 0.3) is 17.7 Å². The first kappa shape index (κ1) is 11.6. The molecule has 0 bridgehead atoms. The minimum atomic E-state index is 0.657. The molecule has 0 amide bonds. The van der Waals surface area contributed by atoms with Crippen LogP contribution in [-0.4, -0.2) is 0 Å². The van der Waals surface area contributed by atoms with E-state index in [0.717, 1.165) is 5.56 Å². The third kappa shape index (κ3) is 2.10. The topological polar surface area (TPSA) is 0 Å². The molecule has 3 rings (SSSR count). The van der Waals surface area contributed by atoms with Crippen molar-refractivity contribution in [1.29, 1.82) is 0 Å². The Labute approximate surface area is 116 Å². The van der Waals surface area contributed by atoms with E-state index in [4.69, 9.17) is 23.2 Å². The van der Waals surface area contributed by atoms with E-state index in [9.17, 15) is 0 Å². The minimum Gasteiger partial charge on any atom is -0.0843 e. The van der Waals surface area contributed by atoms with Crippen molar-refractivity contribution in [3.8, 4) is 0 Å². The first-order valence-corrected chi connectivity index (χ1v) is 6.44. The molecule has 2 aromatic rings. The molecular weight excluding hydrogens is 263 g/mol.